The summed E-state index contributed by atoms with van der Waals surface area (Å²) in [6.07, 6.45) is -1.39. The van der Waals surface area contributed by atoms with Crippen LogP contribution in [-0.2, 0) is 11.8 Å². The molecule has 8 heteroatoms. The SMILES string of the molecule is Cn1nnnc1SCC(O)C(=O)O. The summed E-state index contributed by atoms with van der Waals surface area (Å²) in [5.41, 5.74) is 0. The number of thioether (sulfide) groups is 1. The standard InChI is InChI=1S/C5H8N4O3S/c1-9-5(6-7-8-9)13-2-3(10)4(11)12/h3,10H,2H2,1H3,(H,11,12). The van der Waals surface area contributed by atoms with Crippen molar-refractivity contribution in [1.29, 1.82) is 0 Å². The van der Waals surface area contributed by atoms with Crippen molar-refractivity contribution < 1.29 is 15.0 Å². The van der Waals surface area contributed by atoms with Crippen molar-refractivity contribution >= 4 is 17.7 Å². The van der Waals surface area contributed by atoms with Gasteiger partial charge in [0.2, 0.25) is 5.16 Å². The number of aromatic nitrogens is 4. The Bertz CT molecular complexity index is 302. The summed E-state index contributed by atoms with van der Waals surface area (Å²) < 4.78 is 1.40. The number of tetrazole rings is 1. The van der Waals surface area contributed by atoms with Gasteiger partial charge in [0, 0.05) is 12.8 Å². The van der Waals surface area contributed by atoms with Gasteiger partial charge in [-0.2, -0.15) is 0 Å². The number of aliphatic hydroxyl groups is 1. The first kappa shape index (κ1) is 9.93. The third-order valence-corrected chi connectivity index (χ3v) is 2.32. The van der Waals surface area contributed by atoms with Crippen molar-refractivity contribution in [2.45, 2.75) is 11.3 Å². The lowest BCUT2D eigenvalue weighted by Crippen LogP contribution is -2.22. The van der Waals surface area contributed by atoms with Crippen molar-refractivity contribution in [3.8, 4) is 0 Å². The normalized spacial score (nSPS) is 12.8. The molecule has 1 aromatic heterocycles. The van der Waals surface area contributed by atoms with E-state index in [9.17, 15) is 4.79 Å². The molecular weight excluding hydrogens is 196 g/mol. The number of hydrogen-bond donors (Lipinski definition) is 2. The maximum absolute atomic E-state index is 10.2. The summed E-state index contributed by atoms with van der Waals surface area (Å²) in [6.45, 7) is 0. The topological polar surface area (TPSA) is 101 Å². The van der Waals surface area contributed by atoms with Crippen LogP contribution < -0.4 is 0 Å². The molecule has 0 amide bonds. The van der Waals surface area contributed by atoms with Gasteiger partial charge < -0.3 is 10.2 Å². The molecule has 0 aliphatic rings. The summed E-state index contributed by atoms with van der Waals surface area (Å²) in [5.74, 6) is -1.22. The summed E-state index contributed by atoms with van der Waals surface area (Å²) in [5, 5.41) is 28.3. The van der Waals surface area contributed by atoms with Crippen molar-refractivity contribution in [2.75, 3.05) is 5.75 Å². The summed E-state index contributed by atoms with van der Waals surface area (Å²) in [7, 11) is 1.63. The van der Waals surface area contributed by atoms with Crippen LogP contribution in [0.5, 0.6) is 0 Å². The van der Waals surface area contributed by atoms with E-state index in [1.165, 1.54) is 4.68 Å². The Hall–Kier alpha value is -1.15. The van der Waals surface area contributed by atoms with Crippen LogP contribution in [0.1, 0.15) is 0 Å². The fourth-order valence-corrected chi connectivity index (χ4v) is 1.34. The second-order valence-corrected chi connectivity index (χ2v) is 3.24. The maximum atomic E-state index is 10.2. The van der Waals surface area contributed by atoms with E-state index in [4.69, 9.17) is 10.2 Å². The average molecular weight is 204 g/mol. The van der Waals surface area contributed by atoms with Crippen molar-refractivity contribution in [1.82, 2.24) is 20.2 Å². The Morgan fingerprint density at radius 1 is 1.77 bits per heavy atom. The lowest BCUT2D eigenvalue weighted by Gasteiger charge is -2.02. The molecule has 0 fully saturated rings. The molecule has 1 rings (SSSR count). The van der Waals surface area contributed by atoms with Crippen LogP contribution in [0.4, 0.5) is 0 Å². The summed E-state index contributed by atoms with van der Waals surface area (Å²) >= 11 is 1.09. The quantitative estimate of drug-likeness (QED) is 0.591. The van der Waals surface area contributed by atoms with E-state index in [2.05, 4.69) is 15.5 Å². The summed E-state index contributed by atoms with van der Waals surface area (Å²) in [6, 6.07) is 0. The van der Waals surface area contributed by atoms with E-state index < -0.39 is 12.1 Å². The van der Waals surface area contributed by atoms with E-state index in [-0.39, 0.29) is 5.75 Å². The number of hydrogen-bond acceptors (Lipinski definition) is 6. The molecule has 0 aromatic carbocycles. The van der Waals surface area contributed by atoms with Gasteiger partial charge in [-0.05, 0) is 10.4 Å². The molecule has 0 saturated heterocycles. The van der Waals surface area contributed by atoms with Crippen LogP contribution in [0.2, 0.25) is 0 Å². The lowest BCUT2D eigenvalue weighted by molar-refractivity contribution is -0.145. The van der Waals surface area contributed by atoms with Crippen LogP contribution >= 0.6 is 11.8 Å². The second-order valence-electron chi connectivity index (χ2n) is 2.25. The highest BCUT2D eigenvalue weighted by atomic mass is 32.2. The van der Waals surface area contributed by atoms with Gasteiger partial charge in [-0.15, -0.1) is 5.10 Å². The minimum absolute atomic E-state index is 0.0313. The van der Waals surface area contributed by atoms with E-state index in [1.54, 1.807) is 7.05 Å². The van der Waals surface area contributed by atoms with Gasteiger partial charge >= 0.3 is 5.97 Å². The Balaban J connectivity index is 2.44. The molecule has 0 saturated carbocycles. The molecule has 0 radical (unpaired) electrons. The first-order chi connectivity index (χ1) is 6.11. The van der Waals surface area contributed by atoms with Crippen LogP contribution in [0.25, 0.3) is 0 Å². The average Bonchev–Trinajstić information content (AvgIpc) is 2.47. The van der Waals surface area contributed by atoms with Crippen molar-refractivity contribution in [3.63, 3.8) is 0 Å². The van der Waals surface area contributed by atoms with Gasteiger partial charge in [-0.25, -0.2) is 9.48 Å². The number of rotatable bonds is 4. The van der Waals surface area contributed by atoms with Crippen LogP contribution in [0.3, 0.4) is 0 Å². The zero-order valence-corrected chi connectivity index (χ0v) is 7.60. The molecule has 72 valence electrons. The lowest BCUT2D eigenvalue weighted by atomic mass is 10.4. The molecule has 0 aliphatic heterocycles. The molecule has 1 aromatic rings. The van der Waals surface area contributed by atoms with Gasteiger partial charge in [0.25, 0.3) is 0 Å². The summed E-state index contributed by atoms with van der Waals surface area (Å²) in [4.78, 5) is 10.2. The van der Waals surface area contributed by atoms with E-state index in [1.807, 2.05) is 0 Å². The Kier molecular flexibility index (Phi) is 3.20. The number of carbonyl (C=O) groups is 1. The molecule has 7 nitrogen and oxygen atoms in total. The molecular formula is C5H8N4O3S. The molecule has 1 unspecified atom stereocenters. The zero-order valence-electron chi connectivity index (χ0n) is 6.78. The molecule has 2 N–H and O–H groups in total. The van der Waals surface area contributed by atoms with Crippen LogP contribution in [-0.4, -0.2) is 48.2 Å². The minimum Gasteiger partial charge on any atom is -0.479 e. The van der Waals surface area contributed by atoms with Gasteiger partial charge in [-0.1, -0.05) is 11.8 Å². The Morgan fingerprint density at radius 2 is 2.46 bits per heavy atom. The molecule has 0 spiro atoms. The van der Waals surface area contributed by atoms with Gasteiger partial charge in [0.15, 0.2) is 6.10 Å². The number of aliphatic carboxylic acids is 1. The van der Waals surface area contributed by atoms with Gasteiger partial charge in [0.05, 0.1) is 0 Å². The molecule has 13 heavy (non-hydrogen) atoms. The number of nitrogens with zero attached hydrogens (tertiary/aromatic N) is 4. The largest absolute Gasteiger partial charge is 0.479 e. The number of aliphatic hydroxyl groups excluding tert-OH is 1. The number of carboxylic acid groups (broad SMARTS) is 1. The second kappa shape index (κ2) is 4.19. The predicted molar refractivity (Wildman–Crippen MR) is 43.2 cm³/mol. The Morgan fingerprint density at radius 3 is 2.92 bits per heavy atom. The Labute approximate surface area is 77.7 Å². The minimum atomic E-state index is -1.39. The first-order valence-electron chi connectivity index (χ1n) is 3.37. The molecule has 1 atom stereocenters. The monoisotopic (exact) mass is 204 g/mol. The fraction of sp³-hybridized carbons (Fsp3) is 0.600. The number of aryl methyl sites for hydroxylation is 1. The van der Waals surface area contributed by atoms with E-state index >= 15 is 0 Å². The maximum Gasteiger partial charge on any atom is 0.333 e. The van der Waals surface area contributed by atoms with Crippen LogP contribution in [0, 0.1) is 0 Å². The van der Waals surface area contributed by atoms with E-state index in [0.29, 0.717) is 5.16 Å². The molecule has 0 aliphatic carbocycles. The first-order valence-corrected chi connectivity index (χ1v) is 4.36. The highest BCUT2D eigenvalue weighted by Crippen LogP contribution is 2.13. The van der Waals surface area contributed by atoms with E-state index in [0.717, 1.165) is 11.8 Å². The van der Waals surface area contributed by atoms with Crippen molar-refractivity contribution in [3.05, 3.63) is 0 Å². The molecule has 0 bridgehead atoms. The smallest absolute Gasteiger partial charge is 0.333 e. The number of carboxylic acids is 1. The predicted octanol–water partition coefficient (Wildman–Crippen LogP) is -1.25. The highest BCUT2D eigenvalue weighted by Gasteiger charge is 2.14. The van der Waals surface area contributed by atoms with Crippen molar-refractivity contribution in [2.24, 2.45) is 7.05 Å². The fourth-order valence-electron chi connectivity index (χ4n) is 0.568. The van der Waals surface area contributed by atoms with Gasteiger partial charge in [0.1, 0.15) is 0 Å². The highest BCUT2D eigenvalue weighted by molar-refractivity contribution is 7.99. The van der Waals surface area contributed by atoms with Gasteiger partial charge in [-0.3, -0.25) is 0 Å². The van der Waals surface area contributed by atoms with Crippen LogP contribution in [0.15, 0.2) is 5.16 Å². The third-order valence-electron chi connectivity index (χ3n) is 1.24. The zero-order chi connectivity index (χ0) is 9.84. The molecule has 1 heterocycles. The third kappa shape index (κ3) is 2.67.